The van der Waals surface area contributed by atoms with E-state index in [1.165, 1.54) is 29.3 Å². The first-order valence-corrected chi connectivity index (χ1v) is 10.2. The molecule has 0 bridgehead atoms. The molecule has 140 valence electrons. The molecule has 4 rings (SSSR count). The monoisotopic (exact) mass is 382 g/mol. The summed E-state index contributed by atoms with van der Waals surface area (Å²) in [6.07, 6.45) is 4.34. The van der Waals surface area contributed by atoms with E-state index in [1.807, 2.05) is 30.3 Å². The fraction of sp³-hybridized carbons (Fsp3) is 0.333. The number of thioether (sulfide) groups is 1. The first-order valence-electron chi connectivity index (χ1n) is 9.27. The largest absolute Gasteiger partial charge is 0.508 e. The number of anilines is 1. The molecule has 0 aromatic heterocycles. The van der Waals surface area contributed by atoms with E-state index in [0.29, 0.717) is 6.54 Å². The second kappa shape index (κ2) is 7.64. The zero-order valence-electron chi connectivity index (χ0n) is 15.0. The van der Waals surface area contributed by atoms with Crippen molar-refractivity contribution in [1.29, 1.82) is 0 Å². The third-order valence-corrected chi connectivity index (χ3v) is 6.44. The van der Waals surface area contributed by atoms with Gasteiger partial charge in [-0.05, 0) is 55.0 Å². The summed E-state index contributed by atoms with van der Waals surface area (Å²) in [5.41, 5.74) is 4.04. The Morgan fingerprint density at radius 1 is 1.19 bits per heavy atom. The quantitative estimate of drug-likeness (QED) is 0.757. The Labute approximate surface area is 162 Å². The number of para-hydroxylation sites is 1. The first kappa shape index (κ1) is 17.9. The third-order valence-electron chi connectivity index (χ3n) is 5.17. The highest BCUT2D eigenvalue weighted by molar-refractivity contribution is 8.01. The number of hydrogen-bond acceptors (Lipinski definition) is 4. The number of rotatable bonds is 4. The molecule has 0 fully saturated rings. The SMILES string of the molecule is O=C(C[C@@H]1Sc2ccccc2NC1=O)NCc1c(O)ccc2c1CCCC2. The number of amides is 2. The highest BCUT2D eigenvalue weighted by Crippen LogP contribution is 2.36. The maximum absolute atomic E-state index is 12.4. The molecule has 1 heterocycles. The Balaban J connectivity index is 1.40. The van der Waals surface area contributed by atoms with Crippen LogP contribution >= 0.6 is 11.8 Å². The molecule has 1 atom stereocenters. The normalized spacial score (nSPS) is 18.2. The van der Waals surface area contributed by atoms with Gasteiger partial charge in [-0.3, -0.25) is 9.59 Å². The van der Waals surface area contributed by atoms with Gasteiger partial charge in [0.2, 0.25) is 11.8 Å². The summed E-state index contributed by atoms with van der Waals surface area (Å²) in [4.78, 5) is 25.7. The number of carbonyl (C=O) groups excluding carboxylic acids is 2. The highest BCUT2D eigenvalue weighted by Gasteiger charge is 2.29. The molecule has 27 heavy (non-hydrogen) atoms. The molecule has 1 aliphatic heterocycles. The lowest BCUT2D eigenvalue weighted by Gasteiger charge is -2.24. The van der Waals surface area contributed by atoms with Crippen LogP contribution in [0.1, 0.15) is 36.0 Å². The first-order chi connectivity index (χ1) is 13.1. The van der Waals surface area contributed by atoms with Crippen molar-refractivity contribution >= 4 is 29.3 Å². The van der Waals surface area contributed by atoms with Crippen molar-refractivity contribution in [3.8, 4) is 5.75 Å². The number of aryl methyl sites for hydroxylation is 1. The van der Waals surface area contributed by atoms with E-state index < -0.39 is 5.25 Å². The number of phenols is 1. The van der Waals surface area contributed by atoms with Gasteiger partial charge in [-0.1, -0.05) is 18.2 Å². The number of nitrogens with one attached hydrogen (secondary N) is 2. The summed E-state index contributed by atoms with van der Waals surface area (Å²) in [5.74, 6) is -0.0988. The topological polar surface area (TPSA) is 78.4 Å². The van der Waals surface area contributed by atoms with E-state index in [2.05, 4.69) is 10.6 Å². The third kappa shape index (κ3) is 3.81. The Morgan fingerprint density at radius 3 is 2.89 bits per heavy atom. The van der Waals surface area contributed by atoms with E-state index in [1.54, 1.807) is 6.07 Å². The van der Waals surface area contributed by atoms with Crippen LogP contribution < -0.4 is 10.6 Å². The Hall–Kier alpha value is -2.47. The van der Waals surface area contributed by atoms with Crippen molar-refractivity contribution in [3.05, 3.63) is 53.1 Å². The molecule has 2 aliphatic rings. The molecule has 2 aromatic carbocycles. The van der Waals surface area contributed by atoms with Crippen molar-refractivity contribution < 1.29 is 14.7 Å². The molecule has 1 aliphatic carbocycles. The zero-order chi connectivity index (χ0) is 18.8. The summed E-state index contributed by atoms with van der Waals surface area (Å²) < 4.78 is 0. The van der Waals surface area contributed by atoms with Crippen LogP contribution in [0.3, 0.4) is 0 Å². The van der Waals surface area contributed by atoms with Crippen molar-refractivity contribution in [2.45, 2.75) is 48.8 Å². The number of hydrogen-bond donors (Lipinski definition) is 3. The predicted molar refractivity (Wildman–Crippen MR) is 106 cm³/mol. The minimum Gasteiger partial charge on any atom is -0.508 e. The van der Waals surface area contributed by atoms with Gasteiger partial charge >= 0.3 is 0 Å². The Kier molecular flexibility index (Phi) is 5.07. The second-order valence-electron chi connectivity index (χ2n) is 6.98. The standard InChI is InChI=1S/C21H22N2O3S/c24-17-10-9-13-5-1-2-6-14(13)15(17)12-22-20(25)11-19-21(26)23-16-7-3-4-8-18(16)27-19/h3-4,7-10,19,24H,1-2,5-6,11-12H2,(H,22,25)(H,23,26)/t19-/m0/s1. The fourth-order valence-corrected chi connectivity index (χ4v) is 4.85. The van der Waals surface area contributed by atoms with E-state index in [0.717, 1.165) is 35.4 Å². The fourth-order valence-electron chi connectivity index (χ4n) is 3.74. The molecule has 0 saturated heterocycles. The van der Waals surface area contributed by atoms with Gasteiger partial charge in [0.1, 0.15) is 5.75 Å². The zero-order valence-corrected chi connectivity index (χ0v) is 15.8. The van der Waals surface area contributed by atoms with E-state index >= 15 is 0 Å². The molecule has 6 heteroatoms. The number of fused-ring (bicyclic) bond motifs is 2. The van der Waals surface area contributed by atoms with Crippen LogP contribution in [-0.4, -0.2) is 22.2 Å². The van der Waals surface area contributed by atoms with Crippen LogP contribution in [0.2, 0.25) is 0 Å². The van der Waals surface area contributed by atoms with Gasteiger partial charge in [-0.25, -0.2) is 0 Å². The van der Waals surface area contributed by atoms with Crippen LogP contribution in [0.25, 0.3) is 0 Å². The van der Waals surface area contributed by atoms with Crippen LogP contribution in [0.15, 0.2) is 41.3 Å². The molecule has 0 radical (unpaired) electrons. The summed E-state index contributed by atoms with van der Waals surface area (Å²) in [5, 5.41) is 15.5. The summed E-state index contributed by atoms with van der Waals surface area (Å²) in [6, 6.07) is 11.3. The molecule has 2 amide bonds. The van der Waals surface area contributed by atoms with Crippen molar-refractivity contribution in [2.75, 3.05) is 5.32 Å². The summed E-state index contributed by atoms with van der Waals surface area (Å²) >= 11 is 1.42. The minimum atomic E-state index is -0.446. The van der Waals surface area contributed by atoms with Crippen LogP contribution in [0.4, 0.5) is 5.69 Å². The maximum Gasteiger partial charge on any atom is 0.238 e. The van der Waals surface area contributed by atoms with Gasteiger partial charge in [0, 0.05) is 23.4 Å². The predicted octanol–water partition coefficient (Wildman–Crippen LogP) is 3.39. The molecule has 3 N–H and O–H groups in total. The van der Waals surface area contributed by atoms with Crippen LogP contribution in [0.5, 0.6) is 5.75 Å². The molecular weight excluding hydrogens is 360 g/mol. The second-order valence-corrected chi connectivity index (χ2v) is 8.23. The van der Waals surface area contributed by atoms with E-state index in [9.17, 15) is 14.7 Å². The van der Waals surface area contributed by atoms with Gasteiger partial charge in [0.15, 0.2) is 0 Å². The molecule has 0 saturated carbocycles. The number of aromatic hydroxyl groups is 1. The van der Waals surface area contributed by atoms with Crippen molar-refractivity contribution in [1.82, 2.24) is 5.32 Å². The van der Waals surface area contributed by atoms with Crippen molar-refractivity contribution in [3.63, 3.8) is 0 Å². The van der Waals surface area contributed by atoms with Gasteiger partial charge in [-0.15, -0.1) is 11.8 Å². The number of carbonyl (C=O) groups is 2. The maximum atomic E-state index is 12.4. The lowest BCUT2D eigenvalue weighted by molar-refractivity contribution is -0.124. The summed E-state index contributed by atoms with van der Waals surface area (Å²) in [6.45, 7) is 0.295. The lowest BCUT2D eigenvalue weighted by atomic mass is 9.87. The van der Waals surface area contributed by atoms with Crippen molar-refractivity contribution in [2.24, 2.45) is 0 Å². The van der Waals surface area contributed by atoms with Gasteiger partial charge in [-0.2, -0.15) is 0 Å². The van der Waals surface area contributed by atoms with Gasteiger partial charge < -0.3 is 15.7 Å². The smallest absolute Gasteiger partial charge is 0.238 e. The average molecular weight is 382 g/mol. The molecule has 5 nitrogen and oxygen atoms in total. The minimum absolute atomic E-state index is 0.112. The van der Waals surface area contributed by atoms with E-state index in [4.69, 9.17) is 0 Å². The van der Waals surface area contributed by atoms with E-state index in [-0.39, 0.29) is 24.0 Å². The molecule has 2 aromatic rings. The molecular formula is C21H22N2O3S. The number of benzene rings is 2. The van der Waals surface area contributed by atoms with Gasteiger partial charge in [0.25, 0.3) is 0 Å². The number of phenolic OH excluding ortho intramolecular Hbond substituents is 1. The van der Waals surface area contributed by atoms with Gasteiger partial charge in [0.05, 0.1) is 10.9 Å². The van der Waals surface area contributed by atoms with Crippen LogP contribution in [-0.2, 0) is 29.0 Å². The average Bonchev–Trinajstić information content (AvgIpc) is 2.68. The molecule has 0 unspecified atom stereocenters. The molecule has 0 spiro atoms. The highest BCUT2D eigenvalue weighted by atomic mass is 32.2. The Bertz CT molecular complexity index is 897. The Morgan fingerprint density at radius 2 is 2.00 bits per heavy atom. The summed E-state index contributed by atoms with van der Waals surface area (Å²) in [7, 11) is 0. The lowest BCUT2D eigenvalue weighted by Crippen LogP contribution is -2.34. The van der Waals surface area contributed by atoms with Crippen LogP contribution in [0, 0.1) is 0 Å².